The summed E-state index contributed by atoms with van der Waals surface area (Å²) in [5.74, 6) is 0.268. The van der Waals surface area contributed by atoms with Crippen LogP contribution in [-0.2, 0) is 4.79 Å². The van der Waals surface area contributed by atoms with Crippen molar-refractivity contribution in [2.45, 2.75) is 26.7 Å². The fourth-order valence-corrected chi connectivity index (χ4v) is 4.49. The van der Waals surface area contributed by atoms with Crippen LogP contribution < -0.4 is 10.6 Å². The molecule has 2 amide bonds. The van der Waals surface area contributed by atoms with E-state index in [0.717, 1.165) is 44.5 Å². The monoisotopic (exact) mass is 516 g/mol. The summed E-state index contributed by atoms with van der Waals surface area (Å²) in [5, 5.41) is 6.53. The number of carbonyl (C=O) groups excluding carboxylic acids is 2. The van der Waals surface area contributed by atoms with Crippen LogP contribution in [0.15, 0.2) is 85.8 Å². The zero-order chi connectivity index (χ0) is 27.5. The van der Waals surface area contributed by atoms with Gasteiger partial charge in [-0.1, -0.05) is 44.7 Å². The largest absolute Gasteiger partial charge is 0.346 e. The second-order valence-electron chi connectivity index (χ2n) is 9.51. The van der Waals surface area contributed by atoms with E-state index < -0.39 is 0 Å². The molecule has 4 aromatic heterocycles. The SMILES string of the molecule is C=CC(=O)Nc1cccc(-c2cnc3[nH]cc(-c4ccc(C(=O)Nc5ccc(C(C)C)c(C)n5)nc4)c3c2)c1. The molecule has 0 unspecified atom stereocenters. The van der Waals surface area contributed by atoms with Crippen LogP contribution in [0.4, 0.5) is 11.5 Å². The average Bonchev–Trinajstić information content (AvgIpc) is 3.36. The average molecular weight is 517 g/mol. The zero-order valence-electron chi connectivity index (χ0n) is 21.9. The summed E-state index contributed by atoms with van der Waals surface area (Å²) in [6, 6.07) is 16.9. The Hall–Kier alpha value is -5.11. The number of nitrogens with zero attached hydrogens (tertiary/aromatic N) is 3. The summed E-state index contributed by atoms with van der Waals surface area (Å²) < 4.78 is 0. The number of hydrogen-bond acceptors (Lipinski definition) is 5. The number of aromatic nitrogens is 4. The number of fused-ring (bicyclic) bond motifs is 1. The molecule has 0 atom stereocenters. The first-order chi connectivity index (χ1) is 18.8. The number of pyridine rings is 3. The van der Waals surface area contributed by atoms with E-state index in [1.165, 1.54) is 6.08 Å². The number of aromatic amines is 1. The van der Waals surface area contributed by atoms with E-state index in [4.69, 9.17) is 0 Å². The van der Waals surface area contributed by atoms with Gasteiger partial charge in [0.15, 0.2) is 0 Å². The molecule has 39 heavy (non-hydrogen) atoms. The van der Waals surface area contributed by atoms with E-state index in [9.17, 15) is 9.59 Å². The Morgan fingerprint density at radius 1 is 0.949 bits per heavy atom. The standard InChI is InChI=1S/C31H28N6O2/c1-5-29(38)36-23-8-6-7-20(13-23)22-14-25-26(17-34-30(25)33-16-22)21-9-11-27(32-15-21)31(39)37-28-12-10-24(18(2)3)19(4)35-28/h5-18H,1H2,2-4H3,(H,33,34)(H,36,38)(H,35,37,39). The van der Waals surface area contributed by atoms with E-state index >= 15 is 0 Å². The van der Waals surface area contributed by atoms with Crippen LogP contribution in [0.5, 0.6) is 0 Å². The Balaban J connectivity index is 1.38. The van der Waals surface area contributed by atoms with Gasteiger partial charge in [-0.3, -0.25) is 14.6 Å². The molecule has 5 aromatic rings. The Morgan fingerprint density at radius 3 is 2.49 bits per heavy atom. The van der Waals surface area contributed by atoms with Gasteiger partial charge in [0, 0.05) is 52.0 Å². The Labute approximate surface area is 226 Å². The summed E-state index contributed by atoms with van der Waals surface area (Å²) in [6.45, 7) is 9.66. The molecule has 0 saturated heterocycles. The topological polar surface area (TPSA) is 113 Å². The minimum absolute atomic E-state index is 0.270. The first-order valence-corrected chi connectivity index (χ1v) is 12.6. The third kappa shape index (κ3) is 5.45. The van der Waals surface area contributed by atoms with Gasteiger partial charge in [0.1, 0.15) is 17.2 Å². The van der Waals surface area contributed by atoms with Crippen molar-refractivity contribution in [2.75, 3.05) is 10.6 Å². The van der Waals surface area contributed by atoms with E-state index in [1.54, 1.807) is 18.5 Å². The van der Waals surface area contributed by atoms with Gasteiger partial charge in [0.2, 0.25) is 5.91 Å². The van der Waals surface area contributed by atoms with Crippen molar-refractivity contribution in [2.24, 2.45) is 0 Å². The highest BCUT2D eigenvalue weighted by Crippen LogP contribution is 2.31. The maximum Gasteiger partial charge on any atom is 0.275 e. The fourth-order valence-electron chi connectivity index (χ4n) is 4.49. The second kappa shape index (κ2) is 10.7. The minimum atomic E-state index is -0.322. The van der Waals surface area contributed by atoms with Crippen LogP contribution in [0.25, 0.3) is 33.3 Å². The summed E-state index contributed by atoms with van der Waals surface area (Å²) in [5.41, 5.74) is 7.32. The van der Waals surface area contributed by atoms with Crippen molar-refractivity contribution in [3.8, 4) is 22.3 Å². The van der Waals surface area contributed by atoms with Gasteiger partial charge in [-0.2, -0.15) is 0 Å². The van der Waals surface area contributed by atoms with Gasteiger partial charge in [-0.05, 0) is 60.4 Å². The summed E-state index contributed by atoms with van der Waals surface area (Å²) in [7, 11) is 0. The van der Waals surface area contributed by atoms with Gasteiger partial charge in [0.25, 0.3) is 5.91 Å². The molecule has 0 bridgehead atoms. The third-order valence-electron chi connectivity index (χ3n) is 6.48. The van der Waals surface area contributed by atoms with Crippen molar-refractivity contribution < 1.29 is 9.59 Å². The molecule has 8 heteroatoms. The van der Waals surface area contributed by atoms with E-state index in [-0.39, 0.29) is 11.8 Å². The number of nitrogens with one attached hydrogen (secondary N) is 3. The van der Waals surface area contributed by atoms with Gasteiger partial charge >= 0.3 is 0 Å². The normalized spacial score (nSPS) is 11.0. The van der Waals surface area contributed by atoms with Crippen LogP contribution in [0, 0.1) is 6.92 Å². The molecule has 0 fully saturated rings. The summed E-state index contributed by atoms with van der Waals surface area (Å²) >= 11 is 0. The Morgan fingerprint density at radius 2 is 1.77 bits per heavy atom. The molecule has 5 rings (SSSR count). The highest BCUT2D eigenvalue weighted by molar-refractivity contribution is 6.03. The lowest BCUT2D eigenvalue weighted by molar-refractivity contribution is -0.111. The molecule has 0 spiro atoms. The smallest absolute Gasteiger partial charge is 0.275 e. The van der Waals surface area contributed by atoms with Crippen LogP contribution in [-0.4, -0.2) is 31.8 Å². The van der Waals surface area contributed by atoms with Gasteiger partial charge in [-0.15, -0.1) is 0 Å². The van der Waals surface area contributed by atoms with Crippen LogP contribution in [0.3, 0.4) is 0 Å². The lowest BCUT2D eigenvalue weighted by Crippen LogP contribution is -2.15. The van der Waals surface area contributed by atoms with E-state index in [1.807, 2.05) is 61.7 Å². The maximum absolute atomic E-state index is 12.8. The number of anilines is 2. The number of H-pyrrole nitrogens is 1. The summed E-state index contributed by atoms with van der Waals surface area (Å²) in [4.78, 5) is 41.2. The van der Waals surface area contributed by atoms with Gasteiger partial charge in [0.05, 0.1) is 0 Å². The van der Waals surface area contributed by atoms with Crippen molar-refractivity contribution in [3.63, 3.8) is 0 Å². The minimum Gasteiger partial charge on any atom is -0.346 e. The van der Waals surface area contributed by atoms with Crippen molar-refractivity contribution in [3.05, 3.63) is 103 Å². The molecule has 0 aliphatic rings. The van der Waals surface area contributed by atoms with E-state index in [2.05, 4.69) is 51.0 Å². The zero-order valence-corrected chi connectivity index (χ0v) is 21.9. The highest BCUT2D eigenvalue weighted by Gasteiger charge is 2.14. The molecule has 8 nitrogen and oxygen atoms in total. The van der Waals surface area contributed by atoms with Crippen LogP contribution in [0.1, 0.15) is 41.5 Å². The number of aryl methyl sites for hydroxylation is 1. The molecule has 194 valence electrons. The molecule has 3 N–H and O–H groups in total. The van der Waals surface area contributed by atoms with Crippen molar-refractivity contribution >= 4 is 34.4 Å². The van der Waals surface area contributed by atoms with Gasteiger partial charge < -0.3 is 15.6 Å². The van der Waals surface area contributed by atoms with Crippen LogP contribution in [0.2, 0.25) is 0 Å². The molecule has 4 heterocycles. The molecular formula is C31H28N6O2. The number of carbonyl (C=O) groups is 2. The number of rotatable bonds is 7. The van der Waals surface area contributed by atoms with Crippen molar-refractivity contribution in [1.29, 1.82) is 0 Å². The number of benzene rings is 1. The summed E-state index contributed by atoms with van der Waals surface area (Å²) in [6.07, 6.45) is 6.57. The Kier molecular flexibility index (Phi) is 7.01. The molecular weight excluding hydrogens is 488 g/mol. The van der Waals surface area contributed by atoms with E-state index in [0.29, 0.717) is 23.1 Å². The number of amides is 2. The lowest BCUT2D eigenvalue weighted by atomic mass is 10.0. The number of hydrogen-bond donors (Lipinski definition) is 3. The predicted molar refractivity (Wildman–Crippen MR) is 155 cm³/mol. The first kappa shape index (κ1) is 25.5. The Bertz CT molecular complexity index is 1700. The van der Waals surface area contributed by atoms with Gasteiger partial charge in [-0.25, -0.2) is 9.97 Å². The fraction of sp³-hybridized carbons (Fsp3) is 0.129. The van der Waals surface area contributed by atoms with Crippen LogP contribution >= 0.6 is 0 Å². The van der Waals surface area contributed by atoms with Crippen molar-refractivity contribution in [1.82, 2.24) is 19.9 Å². The highest BCUT2D eigenvalue weighted by atomic mass is 16.2. The second-order valence-corrected chi connectivity index (χ2v) is 9.51. The molecule has 0 radical (unpaired) electrons. The maximum atomic E-state index is 12.8. The predicted octanol–water partition coefficient (Wildman–Crippen LogP) is 6.50. The molecule has 0 aliphatic carbocycles. The molecule has 0 aliphatic heterocycles. The third-order valence-corrected chi connectivity index (χ3v) is 6.48. The molecule has 1 aromatic carbocycles. The molecule has 0 saturated carbocycles. The quantitative estimate of drug-likeness (QED) is 0.214. The first-order valence-electron chi connectivity index (χ1n) is 12.6. The lowest BCUT2D eigenvalue weighted by Gasteiger charge is -2.11.